The van der Waals surface area contributed by atoms with Crippen LogP contribution in [0, 0.1) is 0 Å². The van der Waals surface area contributed by atoms with E-state index in [2.05, 4.69) is 6.92 Å². The predicted molar refractivity (Wildman–Crippen MR) is 70.4 cm³/mol. The van der Waals surface area contributed by atoms with Crippen molar-refractivity contribution in [2.24, 2.45) is 0 Å². The first-order valence-electron chi connectivity index (χ1n) is 5.74. The molecule has 1 aromatic rings. The summed E-state index contributed by atoms with van der Waals surface area (Å²) in [5.74, 6) is 0.135. The summed E-state index contributed by atoms with van der Waals surface area (Å²) in [7, 11) is 0. The smallest absolute Gasteiger partial charge is 0.0500 e. The molecule has 0 fully saturated rings. The molecule has 0 saturated heterocycles. The maximum absolute atomic E-state index is 9.38. The van der Waals surface area contributed by atoms with Gasteiger partial charge in [0.1, 0.15) is 0 Å². The first-order valence-corrected chi connectivity index (χ1v) is 6.50. The zero-order valence-electron chi connectivity index (χ0n) is 9.55. The van der Waals surface area contributed by atoms with E-state index >= 15 is 0 Å². The molecule has 16 heavy (non-hydrogen) atoms. The Hall–Kier alpha value is -0.240. The molecule has 0 spiro atoms. The molecule has 3 heteroatoms. The van der Waals surface area contributed by atoms with E-state index in [1.165, 1.54) is 12.8 Å². The van der Waals surface area contributed by atoms with Crippen LogP contribution in [0.3, 0.4) is 0 Å². The Morgan fingerprint density at radius 3 is 2.56 bits per heavy atom. The zero-order valence-corrected chi connectivity index (χ0v) is 11.1. The SMILES string of the molecule is CCCCC[C@@H](CO)c1ccc(Cl)cc1Cl. The minimum absolute atomic E-state index is 0.135. The Balaban J connectivity index is 2.70. The summed E-state index contributed by atoms with van der Waals surface area (Å²) < 4.78 is 0. The number of halogens is 2. The number of hydrogen-bond acceptors (Lipinski definition) is 1. The molecule has 0 aliphatic rings. The lowest BCUT2D eigenvalue weighted by molar-refractivity contribution is 0.256. The van der Waals surface area contributed by atoms with Crippen LogP contribution in [0.5, 0.6) is 0 Å². The van der Waals surface area contributed by atoms with E-state index in [-0.39, 0.29) is 12.5 Å². The fourth-order valence-corrected chi connectivity index (χ4v) is 2.38. The van der Waals surface area contributed by atoms with Crippen molar-refractivity contribution >= 4 is 23.2 Å². The molecule has 0 bridgehead atoms. The lowest BCUT2D eigenvalue weighted by atomic mass is 9.94. The average Bonchev–Trinajstić information content (AvgIpc) is 2.26. The molecule has 1 rings (SSSR count). The van der Waals surface area contributed by atoms with Gasteiger partial charge >= 0.3 is 0 Å². The van der Waals surface area contributed by atoms with Gasteiger partial charge in [-0.05, 0) is 24.1 Å². The van der Waals surface area contributed by atoms with Gasteiger partial charge in [-0.1, -0.05) is 55.5 Å². The summed E-state index contributed by atoms with van der Waals surface area (Å²) in [5, 5.41) is 10.7. The van der Waals surface area contributed by atoms with Gasteiger partial charge in [-0.2, -0.15) is 0 Å². The molecule has 1 aromatic carbocycles. The third-order valence-electron chi connectivity index (χ3n) is 2.78. The van der Waals surface area contributed by atoms with Gasteiger partial charge in [-0.25, -0.2) is 0 Å². The fraction of sp³-hybridized carbons (Fsp3) is 0.538. The summed E-state index contributed by atoms with van der Waals surface area (Å²) in [6.07, 6.45) is 4.49. The van der Waals surface area contributed by atoms with Crippen molar-refractivity contribution in [3.05, 3.63) is 33.8 Å². The van der Waals surface area contributed by atoms with Crippen molar-refractivity contribution in [3.63, 3.8) is 0 Å². The minimum Gasteiger partial charge on any atom is -0.396 e. The second kappa shape index (κ2) is 7.16. The second-order valence-corrected chi connectivity index (χ2v) is 4.88. The third kappa shape index (κ3) is 3.97. The summed E-state index contributed by atoms with van der Waals surface area (Å²) in [5.41, 5.74) is 1.00. The Labute approximate surface area is 107 Å². The molecule has 0 heterocycles. The molecule has 0 radical (unpaired) electrons. The van der Waals surface area contributed by atoms with Crippen LogP contribution in [0.4, 0.5) is 0 Å². The van der Waals surface area contributed by atoms with Gasteiger partial charge in [-0.3, -0.25) is 0 Å². The van der Waals surface area contributed by atoms with Crippen LogP contribution in [0.2, 0.25) is 10.0 Å². The highest BCUT2D eigenvalue weighted by Gasteiger charge is 2.13. The highest BCUT2D eigenvalue weighted by molar-refractivity contribution is 6.35. The number of rotatable bonds is 6. The first kappa shape index (κ1) is 13.8. The maximum Gasteiger partial charge on any atom is 0.0500 e. The highest BCUT2D eigenvalue weighted by Crippen LogP contribution is 2.30. The summed E-state index contributed by atoms with van der Waals surface area (Å²) in [6, 6.07) is 5.48. The molecule has 0 aliphatic heterocycles. The first-order chi connectivity index (χ1) is 7.69. The van der Waals surface area contributed by atoms with Crippen LogP contribution in [-0.4, -0.2) is 11.7 Å². The zero-order chi connectivity index (χ0) is 12.0. The van der Waals surface area contributed by atoms with Crippen molar-refractivity contribution in [2.45, 2.75) is 38.5 Å². The molecule has 90 valence electrons. The van der Waals surface area contributed by atoms with E-state index < -0.39 is 0 Å². The normalized spacial score (nSPS) is 12.8. The number of benzene rings is 1. The van der Waals surface area contributed by atoms with Crippen LogP contribution >= 0.6 is 23.2 Å². The number of aliphatic hydroxyl groups is 1. The molecule has 1 nitrogen and oxygen atoms in total. The van der Waals surface area contributed by atoms with Gasteiger partial charge in [0.2, 0.25) is 0 Å². The predicted octanol–water partition coefficient (Wildman–Crippen LogP) is 4.65. The molecule has 0 amide bonds. The van der Waals surface area contributed by atoms with Crippen LogP contribution < -0.4 is 0 Å². The van der Waals surface area contributed by atoms with Crippen molar-refractivity contribution in [2.75, 3.05) is 6.61 Å². The lowest BCUT2D eigenvalue weighted by Gasteiger charge is -2.16. The molecule has 0 unspecified atom stereocenters. The van der Waals surface area contributed by atoms with Crippen LogP contribution in [0.1, 0.15) is 44.1 Å². The van der Waals surface area contributed by atoms with Crippen LogP contribution in [-0.2, 0) is 0 Å². The van der Waals surface area contributed by atoms with Crippen molar-refractivity contribution < 1.29 is 5.11 Å². The van der Waals surface area contributed by atoms with E-state index in [1.807, 2.05) is 12.1 Å². The largest absolute Gasteiger partial charge is 0.396 e. The molecule has 1 N–H and O–H groups in total. The minimum atomic E-state index is 0.135. The molecule has 0 aliphatic carbocycles. The maximum atomic E-state index is 9.38. The second-order valence-electron chi connectivity index (χ2n) is 4.04. The summed E-state index contributed by atoms with van der Waals surface area (Å²) >= 11 is 12.0. The number of hydrogen-bond donors (Lipinski definition) is 1. The Bertz CT molecular complexity index is 326. The van der Waals surface area contributed by atoms with Gasteiger partial charge < -0.3 is 5.11 Å². The van der Waals surface area contributed by atoms with E-state index in [4.69, 9.17) is 23.2 Å². The molecular weight excluding hydrogens is 243 g/mol. The van der Waals surface area contributed by atoms with Gasteiger partial charge in [0, 0.05) is 22.6 Å². The van der Waals surface area contributed by atoms with E-state index in [0.717, 1.165) is 18.4 Å². The highest BCUT2D eigenvalue weighted by atomic mass is 35.5. The Morgan fingerprint density at radius 2 is 2.00 bits per heavy atom. The third-order valence-corrected chi connectivity index (χ3v) is 3.34. The van der Waals surface area contributed by atoms with Crippen molar-refractivity contribution in [3.8, 4) is 0 Å². The van der Waals surface area contributed by atoms with E-state index in [1.54, 1.807) is 6.07 Å². The van der Waals surface area contributed by atoms with E-state index in [0.29, 0.717) is 10.0 Å². The molecule has 1 atom stereocenters. The number of unbranched alkanes of at least 4 members (excludes halogenated alkanes) is 2. The Morgan fingerprint density at radius 1 is 1.25 bits per heavy atom. The van der Waals surface area contributed by atoms with Gasteiger partial charge in [-0.15, -0.1) is 0 Å². The average molecular weight is 261 g/mol. The quantitative estimate of drug-likeness (QED) is 0.739. The van der Waals surface area contributed by atoms with E-state index in [9.17, 15) is 5.11 Å². The monoisotopic (exact) mass is 260 g/mol. The molecule has 0 saturated carbocycles. The fourth-order valence-electron chi connectivity index (χ4n) is 1.82. The van der Waals surface area contributed by atoms with Gasteiger partial charge in [0.15, 0.2) is 0 Å². The van der Waals surface area contributed by atoms with Crippen LogP contribution in [0.25, 0.3) is 0 Å². The number of aliphatic hydroxyl groups excluding tert-OH is 1. The standard InChI is InChI=1S/C13H18Cl2O/c1-2-3-4-5-10(9-16)12-7-6-11(14)8-13(12)15/h6-8,10,16H,2-5,9H2,1H3/t10-/m0/s1. The van der Waals surface area contributed by atoms with Gasteiger partial charge in [0.05, 0.1) is 0 Å². The van der Waals surface area contributed by atoms with Crippen molar-refractivity contribution in [1.82, 2.24) is 0 Å². The Kier molecular flexibility index (Phi) is 6.18. The van der Waals surface area contributed by atoms with Gasteiger partial charge in [0.25, 0.3) is 0 Å². The molecular formula is C13H18Cl2O. The molecule has 0 aromatic heterocycles. The van der Waals surface area contributed by atoms with Crippen LogP contribution in [0.15, 0.2) is 18.2 Å². The van der Waals surface area contributed by atoms with Crippen molar-refractivity contribution in [1.29, 1.82) is 0 Å². The lowest BCUT2D eigenvalue weighted by Crippen LogP contribution is -2.05. The summed E-state index contributed by atoms with van der Waals surface area (Å²) in [4.78, 5) is 0. The topological polar surface area (TPSA) is 20.2 Å². The summed E-state index contributed by atoms with van der Waals surface area (Å²) in [6.45, 7) is 2.31.